The van der Waals surface area contributed by atoms with Crippen molar-refractivity contribution in [2.45, 2.75) is 6.42 Å². The van der Waals surface area contributed by atoms with E-state index in [4.69, 9.17) is 11.6 Å². The van der Waals surface area contributed by atoms with E-state index in [1.807, 2.05) is 30.3 Å². The first kappa shape index (κ1) is 11.3. The third-order valence-corrected chi connectivity index (χ3v) is 2.00. The number of hydrogen-bond acceptors (Lipinski definition) is 4. The minimum Gasteiger partial charge on any atom is -0.366 e. The first-order valence-electron chi connectivity index (χ1n) is 4.26. The Kier molecular flexibility index (Phi) is 3.51. The van der Waals surface area contributed by atoms with Crippen molar-refractivity contribution in [1.29, 1.82) is 0 Å². The zero-order valence-electron chi connectivity index (χ0n) is 8.00. The van der Waals surface area contributed by atoms with Crippen LogP contribution in [0.3, 0.4) is 0 Å². The highest BCUT2D eigenvalue weighted by Gasteiger charge is 2.06. The van der Waals surface area contributed by atoms with Crippen LogP contribution < -0.4 is 11.6 Å². The number of anilines is 1. The Morgan fingerprint density at radius 2 is 1.80 bits per heavy atom. The fourth-order valence-corrected chi connectivity index (χ4v) is 1.24. The van der Waals surface area contributed by atoms with Gasteiger partial charge in [0, 0.05) is 6.42 Å². The van der Waals surface area contributed by atoms with Crippen LogP contribution in [0.4, 0.5) is 5.95 Å². The lowest BCUT2D eigenvalue weighted by Crippen LogP contribution is -2.15. The Bertz CT molecular complexity index is 425. The standard InChI is InChI=1S/C9H11N5.ClH/c10-9-13-12-8(14(9)11)6-7-4-2-1-3-5-7;/h1-5H,6,11H2,(H2,10,13);1H. The Morgan fingerprint density at radius 3 is 2.33 bits per heavy atom. The molecule has 0 aliphatic carbocycles. The average molecular weight is 226 g/mol. The molecule has 0 saturated carbocycles. The highest BCUT2D eigenvalue weighted by atomic mass is 35.5. The van der Waals surface area contributed by atoms with Crippen molar-refractivity contribution in [2.75, 3.05) is 11.6 Å². The largest absolute Gasteiger partial charge is 0.366 e. The van der Waals surface area contributed by atoms with Gasteiger partial charge in [-0.05, 0) is 5.56 Å². The van der Waals surface area contributed by atoms with Crippen LogP contribution in [-0.2, 0) is 6.42 Å². The summed E-state index contributed by atoms with van der Waals surface area (Å²) in [6, 6.07) is 9.91. The smallest absolute Gasteiger partial charge is 0.240 e. The molecule has 6 heteroatoms. The normalized spacial score (nSPS) is 9.60. The molecule has 0 fully saturated rings. The predicted octanol–water partition coefficient (Wildman–Crippen LogP) is 0.587. The summed E-state index contributed by atoms with van der Waals surface area (Å²) < 4.78 is 1.30. The van der Waals surface area contributed by atoms with Gasteiger partial charge in [-0.15, -0.1) is 22.6 Å². The molecular formula is C9H12ClN5. The summed E-state index contributed by atoms with van der Waals surface area (Å²) in [6.45, 7) is 0. The second-order valence-corrected chi connectivity index (χ2v) is 3.01. The quantitative estimate of drug-likeness (QED) is 0.733. The lowest BCUT2D eigenvalue weighted by Gasteiger charge is -2.00. The van der Waals surface area contributed by atoms with Crippen LogP contribution in [0.25, 0.3) is 0 Å². The topological polar surface area (TPSA) is 82.8 Å². The van der Waals surface area contributed by atoms with Crippen LogP contribution >= 0.6 is 12.4 Å². The fraction of sp³-hybridized carbons (Fsp3) is 0.111. The molecule has 1 aromatic carbocycles. The van der Waals surface area contributed by atoms with Gasteiger partial charge in [-0.2, -0.15) is 0 Å². The minimum atomic E-state index is 0. The van der Waals surface area contributed by atoms with Crippen LogP contribution in [0.5, 0.6) is 0 Å². The predicted molar refractivity (Wildman–Crippen MR) is 61.1 cm³/mol. The van der Waals surface area contributed by atoms with Crippen molar-refractivity contribution in [3.05, 3.63) is 41.7 Å². The average Bonchev–Trinajstić information content (AvgIpc) is 2.52. The van der Waals surface area contributed by atoms with Crippen molar-refractivity contribution in [3.8, 4) is 0 Å². The molecule has 0 spiro atoms. The molecule has 0 atom stereocenters. The maximum Gasteiger partial charge on any atom is 0.240 e. The van der Waals surface area contributed by atoms with Crippen LogP contribution in [0.2, 0.25) is 0 Å². The van der Waals surface area contributed by atoms with Crippen LogP contribution in [0, 0.1) is 0 Å². The lowest BCUT2D eigenvalue weighted by molar-refractivity contribution is 0.879. The Hall–Kier alpha value is -1.75. The zero-order chi connectivity index (χ0) is 9.97. The summed E-state index contributed by atoms with van der Waals surface area (Å²) in [6.07, 6.45) is 0.640. The molecule has 0 aliphatic rings. The molecule has 1 heterocycles. The number of hydrogen-bond donors (Lipinski definition) is 2. The third kappa shape index (κ3) is 2.38. The molecule has 5 nitrogen and oxygen atoms in total. The van der Waals surface area contributed by atoms with Gasteiger partial charge in [-0.25, -0.2) is 4.68 Å². The molecule has 15 heavy (non-hydrogen) atoms. The summed E-state index contributed by atoms with van der Waals surface area (Å²) >= 11 is 0. The Balaban J connectivity index is 0.00000112. The van der Waals surface area contributed by atoms with E-state index in [0.29, 0.717) is 12.2 Å². The third-order valence-electron chi connectivity index (χ3n) is 2.00. The number of rotatable bonds is 2. The van der Waals surface area contributed by atoms with Crippen LogP contribution in [0.1, 0.15) is 11.4 Å². The number of aromatic nitrogens is 3. The molecular weight excluding hydrogens is 214 g/mol. The first-order chi connectivity index (χ1) is 6.77. The molecule has 0 bridgehead atoms. The molecule has 2 rings (SSSR count). The van der Waals surface area contributed by atoms with E-state index in [1.54, 1.807) is 0 Å². The fourth-order valence-electron chi connectivity index (χ4n) is 1.24. The van der Waals surface area contributed by atoms with E-state index in [1.165, 1.54) is 4.68 Å². The van der Waals surface area contributed by atoms with E-state index in [0.717, 1.165) is 5.56 Å². The maximum atomic E-state index is 5.62. The zero-order valence-corrected chi connectivity index (χ0v) is 8.81. The van der Waals surface area contributed by atoms with Gasteiger partial charge >= 0.3 is 0 Å². The van der Waals surface area contributed by atoms with E-state index in [2.05, 4.69) is 10.2 Å². The summed E-state index contributed by atoms with van der Waals surface area (Å²) in [5.41, 5.74) is 6.59. The van der Waals surface area contributed by atoms with Crippen molar-refractivity contribution >= 4 is 18.4 Å². The van der Waals surface area contributed by atoms with Gasteiger partial charge in [0.2, 0.25) is 5.95 Å². The highest BCUT2D eigenvalue weighted by molar-refractivity contribution is 5.85. The molecule has 0 saturated heterocycles. The molecule has 2 aromatic rings. The molecule has 4 N–H and O–H groups in total. The second-order valence-electron chi connectivity index (χ2n) is 3.01. The van der Waals surface area contributed by atoms with Crippen molar-refractivity contribution < 1.29 is 0 Å². The number of benzene rings is 1. The number of nitrogen functional groups attached to an aromatic ring is 2. The van der Waals surface area contributed by atoms with E-state index in [9.17, 15) is 0 Å². The number of halogens is 1. The SMILES string of the molecule is Cl.Nc1nnc(Cc2ccccc2)n1N. The van der Waals surface area contributed by atoms with Gasteiger partial charge in [0.25, 0.3) is 0 Å². The van der Waals surface area contributed by atoms with Gasteiger partial charge in [-0.1, -0.05) is 30.3 Å². The van der Waals surface area contributed by atoms with Gasteiger partial charge in [0.15, 0.2) is 5.82 Å². The lowest BCUT2D eigenvalue weighted by atomic mass is 10.1. The molecule has 1 aromatic heterocycles. The minimum absolute atomic E-state index is 0. The van der Waals surface area contributed by atoms with Gasteiger partial charge < -0.3 is 11.6 Å². The first-order valence-corrected chi connectivity index (χ1v) is 4.26. The summed E-state index contributed by atoms with van der Waals surface area (Å²) in [5, 5.41) is 7.55. The van der Waals surface area contributed by atoms with Crippen LogP contribution in [0.15, 0.2) is 30.3 Å². The monoisotopic (exact) mass is 225 g/mol. The summed E-state index contributed by atoms with van der Waals surface area (Å²) in [4.78, 5) is 0. The Morgan fingerprint density at radius 1 is 1.13 bits per heavy atom. The summed E-state index contributed by atoms with van der Waals surface area (Å²) in [7, 11) is 0. The molecule has 0 amide bonds. The Labute approximate surface area is 93.5 Å². The van der Waals surface area contributed by atoms with E-state index < -0.39 is 0 Å². The van der Waals surface area contributed by atoms with Gasteiger partial charge in [-0.3, -0.25) is 0 Å². The van der Waals surface area contributed by atoms with Crippen molar-refractivity contribution in [3.63, 3.8) is 0 Å². The molecule has 0 radical (unpaired) electrons. The van der Waals surface area contributed by atoms with Crippen molar-refractivity contribution in [2.24, 2.45) is 0 Å². The van der Waals surface area contributed by atoms with Gasteiger partial charge in [0.1, 0.15) is 0 Å². The van der Waals surface area contributed by atoms with E-state index in [-0.39, 0.29) is 18.4 Å². The number of nitrogens with zero attached hydrogens (tertiary/aromatic N) is 3. The number of nitrogens with two attached hydrogens (primary N) is 2. The highest BCUT2D eigenvalue weighted by Crippen LogP contribution is 2.06. The molecule has 0 unspecified atom stereocenters. The molecule has 80 valence electrons. The second kappa shape index (κ2) is 4.65. The van der Waals surface area contributed by atoms with Gasteiger partial charge in [0.05, 0.1) is 0 Å². The van der Waals surface area contributed by atoms with E-state index >= 15 is 0 Å². The molecule has 0 aliphatic heterocycles. The van der Waals surface area contributed by atoms with Crippen molar-refractivity contribution in [1.82, 2.24) is 14.9 Å². The maximum absolute atomic E-state index is 5.62. The summed E-state index contributed by atoms with van der Waals surface area (Å²) in [5.74, 6) is 6.51. The van der Waals surface area contributed by atoms with Crippen LogP contribution in [-0.4, -0.2) is 14.9 Å².